The number of hydrogen-bond acceptors (Lipinski definition) is 5. The summed E-state index contributed by atoms with van der Waals surface area (Å²) in [6.45, 7) is 0.918. The number of carbonyl (C=O) groups excluding carboxylic acids is 3. The first-order valence-corrected chi connectivity index (χ1v) is 11.7. The summed E-state index contributed by atoms with van der Waals surface area (Å²) in [6, 6.07) is 13.4. The molecule has 4 heterocycles. The third-order valence-electron chi connectivity index (χ3n) is 7.31. The molecule has 0 aromatic heterocycles. The van der Waals surface area contributed by atoms with Crippen LogP contribution >= 0.6 is 11.6 Å². The van der Waals surface area contributed by atoms with Crippen molar-refractivity contribution in [2.24, 2.45) is 11.8 Å². The maximum atomic E-state index is 13.9. The molecule has 168 valence electrons. The number of benzene rings is 2. The second kappa shape index (κ2) is 7.82. The SMILES string of the molecule is O=C(c1ccc(Cl)cc1)[C@H]1[C@H]2C(=O)N(C[C@@H]3CCCO3)C(=O)[C@@H]2[C@H]2C=Cc3ccccc3N21. The van der Waals surface area contributed by atoms with Gasteiger partial charge in [0.2, 0.25) is 11.8 Å². The monoisotopic (exact) mass is 462 g/mol. The smallest absolute Gasteiger partial charge is 0.235 e. The number of Topliss-reactive ketones (excluding diaryl/α,β-unsaturated/α-hetero) is 1. The summed E-state index contributed by atoms with van der Waals surface area (Å²) in [5.74, 6) is -1.97. The van der Waals surface area contributed by atoms with Crippen LogP contribution in [0.5, 0.6) is 0 Å². The van der Waals surface area contributed by atoms with Gasteiger partial charge in [-0.05, 0) is 48.7 Å². The molecule has 2 aromatic rings. The van der Waals surface area contributed by atoms with Crippen LogP contribution in [-0.4, -0.2) is 53.8 Å². The molecule has 2 amide bonds. The van der Waals surface area contributed by atoms with Gasteiger partial charge in [-0.25, -0.2) is 0 Å². The average Bonchev–Trinajstić information content (AvgIpc) is 3.52. The fourth-order valence-electron chi connectivity index (χ4n) is 5.83. The zero-order chi connectivity index (χ0) is 22.7. The number of ketones is 1. The third-order valence-corrected chi connectivity index (χ3v) is 7.57. The first-order valence-electron chi connectivity index (χ1n) is 11.4. The Morgan fingerprint density at radius 1 is 1.03 bits per heavy atom. The highest BCUT2D eigenvalue weighted by Crippen LogP contribution is 2.49. The molecule has 3 saturated heterocycles. The van der Waals surface area contributed by atoms with Gasteiger partial charge in [0.25, 0.3) is 0 Å². The predicted molar refractivity (Wildman–Crippen MR) is 124 cm³/mol. The van der Waals surface area contributed by atoms with E-state index >= 15 is 0 Å². The number of amides is 2. The van der Waals surface area contributed by atoms with E-state index in [2.05, 4.69) is 0 Å². The van der Waals surface area contributed by atoms with Gasteiger partial charge in [-0.15, -0.1) is 0 Å². The molecular weight excluding hydrogens is 440 g/mol. The van der Waals surface area contributed by atoms with Crippen molar-refractivity contribution in [3.05, 3.63) is 70.8 Å². The largest absolute Gasteiger partial charge is 0.376 e. The van der Waals surface area contributed by atoms with Gasteiger partial charge in [0.15, 0.2) is 5.78 Å². The van der Waals surface area contributed by atoms with Crippen molar-refractivity contribution in [3.8, 4) is 0 Å². The number of anilines is 1. The molecule has 4 aliphatic heterocycles. The number of nitrogens with zero attached hydrogens (tertiary/aromatic N) is 2. The summed E-state index contributed by atoms with van der Waals surface area (Å²) >= 11 is 6.04. The molecular formula is C26H23ClN2O4. The van der Waals surface area contributed by atoms with Gasteiger partial charge < -0.3 is 9.64 Å². The van der Waals surface area contributed by atoms with Crippen molar-refractivity contribution in [2.75, 3.05) is 18.1 Å². The molecule has 0 unspecified atom stereocenters. The van der Waals surface area contributed by atoms with Crippen LogP contribution in [0.4, 0.5) is 5.69 Å². The van der Waals surface area contributed by atoms with Crippen LogP contribution in [0.3, 0.4) is 0 Å². The fraction of sp³-hybridized carbons (Fsp3) is 0.346. The van der Waals surface area contributed by atoms with Gasteiger partial charge in [-0.3, -0.25) is 19.3 Å². The fourth-order valence-corrected chi connectivity index (χ4v) is 5.96. The first-order chi connectivity index (χ1) is 16.0. The van der Waals surface area contributed by atoms with E-state index in [4.69, 9.17) is 16.3 Å². The Hall–Kier alpha value is -2.96. The van der Waals surface area contributed by atoms with Gasteiger partial charge in [0.1, 0.15) is 6.04 Å². The molecule has 0 aliphatic carbocycles. The summed E-state index contributed by atoms with van der Waals surface area (Å²) in [4.78, 5) is 44.4. The molecule has 0 spiro atoms. The van der Waals surface area contributed by atoms with Crippen LogP contribution in [-0.2, 0) is 14.3 Å². The highest BCUT2D eigenvalue weighted by Gasteiger charge is 2.64. The lowest BCUT2D eigenvalue weighted by molar-refractivity contribution is -0.142. The lowest BCUT2D eigenvalue weighted by Gasteiger charge is -2.36. The maximum Gasteiger partial charge on any atom is 0.235 e. The molecule has 33 heavy (non-hydrogen) atoms. The second-order valence-electron chi connectivity index (χ2n) is 9.11. The number of imide groups is 1. The van der Waals surface area contributed by atoms with Gasteiger partial charge in [0.05, 0.1) is 30.5 Å². The Labute approximate surface area is 196 Å². The van der Waals surface area contributed by atoms with Crippen LogP contribution in [0.25, 0.3) is 6.08 Å². The summed E-state index contributed by atoms with van der Waals surface area (Å²) < 4.78 is 5.69. The van der Waals surface area contributed by atoms with Crippen LogP contribution in [0.1, 0.15) is 28.8 Å². The molecule has 4 aliphatic rings. The molecule has 0 N–H and O–H groups in total. The van der Waals surface area contributed by atoms with E-state index in [9.17, 15) is 14.4 Å². The zero-order valence-corrected chi connectivity index (χ0v) is 18.6. The van der Waals surface area contributed by atoms with Crippen molar-refractivity contribution >= 4 is 41.0 Å². The summed E-state index contributed by atoms with van der Waals surface area (Å²) in [5, 5.41) is 0.537. The Morgan fingerprint density at radius 2 is 1.79 bits per heavy atom. The molecule has 0 saturated carbocycles. The summed E-state index contributed by atoms with van der Waals surface area (Å²) in [7, 11) is 0. The number of ether oxygens (including phenoxy) is 1. The van der Waals surface area contributed by atoms with E-state index in [-0.39, 0.29) is 36.3 Å². The second-order valence-corrected chi connectivity index (χ2v) is 9.54. The third kappa shape index (κ3) is 3.15. The Morgan fingerprint density at radius 3 is 2.55 bits per heavy atom. The van der Waals surface area contributed by atoms with Crippen molar-refractivity contribution < 1.29 is 19.1 Å². The average molecular weight is 463 g/mol. The predicted octanol–water partition coefficient (Wildman–Crippen LogP) is 3.59. The van der Waals surface area contributed by atoms with Crippen LogP contribution in [0.15, 0.2) is 54.6 Å². The quantitative estimate of drug-likeness (QED) is 0.513. The number of carbonyl (C=O) groups is 3. The van der Waals surface area contributed by atoms with Crippen molar-refractivity contribution in [1.29, 1.82) is 0 Å². The lowest BCUT2D eigenvalue weighted by Crippen LogP contribution is -2.49. The van der Waals surface area contributed by atoms with Crippen LogP contribution in [0.2, 0.25) is 5.02 Å². The number of para-hydroxylation sites is 1. The maximum absolute atomic E-state index is 13.9. The van der Waals surface area contributed by atoms with E-state index in [1.54, 1.807) is 24.3 Å². The van der Waals surface area contributed by atoms with E-state index in [0.717, 1.165) is 24.1 Å². The standard InChI is InChI=1S/C26H23ClN2O4/c27-17-10-7-16(8-11-17)24(30)23-22-21(20-12-9-15-4-1-2-6-19(15)29(20)23)25(31)28(26(22)32)14-18-5-3-13-33-18/h1-2,4,6-12,18,20-23H,3,5,13-14H2/t18-,20+,21+,22-,23+/m0/s1. The van der Waals surface area contributed by atoms with Crippen molar-refractivity contribution in [1.82, 2.24) is 4.90 Å². The van der Waals surface area contributed by atoms with Gasteiger partial charge >= 0.3 is 0 Å². The van der Waals surface area contributed by atoms with Crippen LogP contribution < -0.4 is 4.90 Å². The zero-order valence-electron chi connectivity index (χ0n) is 17.9. The highest BCUT2D eigenvalue weighted by atomic mass is 35.5. The van der Waals surface area contributed by atoms with Gasteiger partial charge in [-0.1, -0.05) is 42.0 Å². The summed E-state index contributed by atoms with van der Waals surface area (Å²) in [5.41, 5.74) is 2.32. The topological polar surface area (TPSA) is 66.9 Å². The Kier molecular flexibility index (Phi) is 4.89. The lowest BCUT2D eigenvalue weighted by atomic mass is 9.86. The van der Waals surface area contributed by atoms with E-state index in [1.165, 1.54) is 4.90 Å². The molecule has 0 radical (unpaired) electrons. The Bertz CT molecular complexity index is 1170. The van der Waals surface area contributed by atoms with E-state index in [0.29, 0.717) is 17.2 Å². The van der Waals surface area contributed by atoms with Crippen molar-refractivity contribution in [3.63, 3.8) is 0 Å². The molecule has 6 nitrogen and oxygen atoms in total. The number of likely N-dealkylation sites (tertiary alicyclic amines) is 1. The molecule has 0 bridgehead atoms. The molecule has 3 fully saturated rings. The minimum atomic E-state index is -0.766. The van der Waals surface area contributed by atoms with E-state index < -0.39 is 17.9 Å². The number of hydrogen-bond donors (Lipinski definition) is 0. The van der Waals surface area contributed by atoms with Crippen molar-refractivity contribution in [2.45, 2.75) is 31.0 Å². The Balaban J connectivity index is 1.43. The molecule has 6 rings (SSSR count). The first kappa shape index (κ1) is 20.6. The molecule has 2 aromatic carbocycles. The molecule has 7 heteroatoms. The number of halogens is 1. The number of fused-ring (bicyclic) bond motifs is 5. The summed E-state index contributed by atoms with van der Waals surface area (Å²) in [6.07, 6.45) is 5.60. The minimum absolute atomic E-state index is 0.124. The van der Waals surface area contributed by atoms with Gasteiger partial charge in [0, 0.05) is 22.9 Å². The van der Waals surface area contributed by atoms with Crippen LogP contribution in [0, 0.1) is 11.8 Å². The van der Waals surface area contributed by atoms with E-state index in [1.807, 2.05) is 41.3 Å². The van der Waals surface area contributed by atoms with Gasteiger partial charge in [-0.2, -0.15) is 0 Å². The minimum Gasteiger partial charge on any atom is -0.376 e. The normalized spacial score (nSPS) is 29.9. The highest BCUT2D eigenvalue weighted by molar-refractivity contribution is 6.30. The number of rotatable bonds is 4. The molecule has 5 atom stereocenters.